The molecule has 2 rings (SSSR count). The number of methoxy groups -OCH3 is 1. The topological polar surface area (TPSA) is 96.9 Å². The summed E-state index contributed by atoms with van der Waals surface area (Å²) in [6.07, 6.45) is 1.99. The highest BCUT2D eigenvalue weighted by molar-refractivity contribution is 6.42. The predicted molar refractivity (Wildman–Crippen MR) is 121 cm³/mol. The van der Waals surface area contributed by atoms with E-state index < -0.39 is 24.0 Å². The van der Waals surface area contributed by atoms with Crippen molar-refractivity contribution in [3.63, 3.8) is 0 Å². The van der Waals surface area contributed by atoms with E-state index in [9.17, 15) is 14.7 Å². The molecule has 2 aromatic rings. The molecule has 0 heterocycles. The molecular formula is C22H24Cl2N2O5. The Balaban J connectivity index is 1.73. The van der Waals surface area contributed by atoms with Gasteiger partial charge in [-0.3, -0.25) is 9.59 Å². The van der Waals surface area contributed by atoms with E-state index in [1.165, 1.54) is 6.08 Å². The monoisotopic (exact) mass is 466 g/mol. The highest BCUT2D eigenvalue weighted by Crippen LogP contribution is 2.31. The normalized spacial score (nSPS) is 12.8. The number of carbonyl (C=O) groups excluding carboxylic acids is 2. The van der Waals surface area contributed by atoms with Crippen molar-refractivity contribution < 1.29 is 24.2 Å². The number of aliphatic hydroxyl groups is 1. The second kappa shape index (κ2) is 12.2. The van der Waals surface area contributed by atoms with Crippen LogP contribution in [0.1, 0.15) is 12.5 Å². The summed E-state index contributed by atoms with van der Waals surface area (Å²) in [6.45, 7) is 1.40. The summed E-state index contributed by atoms with van der Waals surface area (Å²) in [6, 6.07) is 11.3. The number of rotatable bonds is 10. The van der Waals surface area contributed by atoms with Gasteiger partial charge in [0.2, 0.25) is 11.8 Å². The lowest BCUT2D eigenvalue weighted by atomic mass is 10.2. The lowest BCUT2D eigenvalue weighted by molar-refractivity contribution is -0.127. The second-order valence-corrected chi connectivity index (χ2v) is 7.38. The largest absolute Gasteiger partial charge is 0.497 e. The van der Waals surface area contributed by atoms with E-state index in [1.54, 1.807) is 62.6 Å². The van der Waals surface area contributed by atoms with Crippen LogP contribution in [0.4, 0.5) is 0 Å². The van der Waals surface area contributed by atoms with Crippen molar-refractivity contribution in [3.8, 4) is 11.5 Å². The molecule has 0 aromatic heterocycles. The number of hydrogen-bond donors (Lipinski definition) is 3. The Morgan fingerprint density at radius 3 is 2.55 bits per heavy atom. The molecule has 0 saturated carbocycles. The lowest BCUT2D eigenvalue weighted by Crippen LogP contribution is -2.46. The Bertz CT molecular complexity index is 919. The van der Waals surface area contributed by atoms with Crippen LogP contribution in [-0.2, 0) is 9.59 Å². The number of benzene rings is 2. The third-order valence-electron chi connectivity index (χ3n) is 4.15. The van der Waals surface area contributed by atoms with E-state index in [2.05, 4.69) is 10.6 Å². The van der Waals surface area contributed by atoms with E-state index >= 15 is 0 Å². The highest BCUT2D eigenvalue weighted by atomic mass is 35.5. The van der Waals surface area contributed by atoms with E-state index in [0.717, 1.165) is 11.3 Å². The minimum atomic E-state index is -0.975. The zero-order valence-corrected chi connectivity index (χ0v) is 18.6. The molecule has 3 N–H and O–H groups in total. The van der Waals surface area contributed by atoms with E-state index in [0.29, 0.717) is 10.8 Å². The third kappa shape index (κ3) is 8.13. The van der Waals surface area contributed by atoms with Crippen LogP contribution >= 0.6 is 23.2 Å². The Hall–Kier alpha value is -2.74. The highest BCUT2D eigenvalue weighted by Gasteiger charge is 2.16. The first-order valence-electron chi connectivity index (χ1n) is 9.45. The number of carbonyl (C=O) groups is 2. The quantitative estimate of drug-likeness (QED) is 0.467. The molecule has 31 heavy (non-hydrogen) atoms. The maximum Gasteiger partial charge on any atom is 0.244 e. The van der Waals surface area contributed by atoms with E-state index in [1.807, 2.05) is 0 Å². The molecule has 0 aliphatic carbocycles. The van der Waals surface area contributed by atoms with Gasteiger partial charge in [-0.15, -0.1) is 0 Å². The number of nitrogens with one attached hydrogen (secondary N) is 2. The number of hydrogen-bond acceptors (Lipinski definition) is 5. The fourth-order valence-corrected chi connectivity index (χ4v) is 2.77. The lowest BCUT2D eigenvalue weighted by Gasteiger charge is -2.17. The summed E-state index contributed by atoms with van der Waals surface area (Å²) in [5.41, 5.74) is 0.816. The molecule has 2 aromatic carbocycles. The fraction of sp³-hybridized carbons (Fsp3) is 0.273. The summed E-state index contributed by atoms with van der Waals surface area (Å²) >= 11 is 11.9. The van der Waals surface area contributed by atoms with Crippen LogP contribution in [0.5, 0.6) is 11.5 Å². The first-order valence-corrected chi connectivity index (χ1v) is 10.2. The maximum absolute atomic E-state index is 12.1. The Kier molecular flexibility index (Phi) is 9.65. The molecule has 0 saturated heterocycles. The molecule has 0 aliphatic rings. The van der Waals surface area contributed by atoms with Gasteiger partial charge in [-0.2, -0.15) is 0 Å². The van der Waals surface area contributed by atoms with Gasteiger partial charge in [0.15, 0.2) is 0 Å². The van der Waals surface area contributed by atoms with Crippen molar-refractivity contribution in [1.82, 2.24) is 10.6 Å². The Labute approximate surface area is 190 Å². The van der Waals surface area contributed by atoms with Crippen molar-refractivity contribution in [3.05, 3.63) is 64.1 Å². The van der Waals surface area contributed by atoms with Crippen molar-refractivity contribution in [2.24, 2.45) is 0 Å². The Morgan fingerprint density at radius 2 is 1.87 bits per heavy atom. The molecule has 9 heteroatoms. The number of amides is 2. The van der Waals surface area contributed by atoms with Gasteiger partial charge in [-0.05, 0) is 42.8 Å². The average molecular weight is 467 g/mol. The number of ether oxygens (including phenoxy) is 2. The summed E-state index contributed by atoms with van der Waals surface area (Å²) in [5, 5.41) is 15.7. The van der Waals surface area contributed by atoms with Crippen LogP contribution < -0.4 is 20.1 Å². The molecule has 2 unspecified atom stereocenters. The summed E-state index contributed by atoms with van der Waals surface area (Å²) in [5.74, 6) is 0.197. The molecule has 166 valence electrons. The molecular weight excluding hydrogens is 443 g/mol. The summed E-state index contributed by atoms with van der Waals surface area (Å²) in [7, 11) is 1.58. The molecule has 7 nitrogen and oxygen atoms in total. The van der Waals surface area contributed by atoms with Gasteiger partial charge in [0.05, 0.1) is 12.1 Å². The van der Waals surface area contributed by atoms with Crippen LogP contribution in [-0.4, -0.2) is 49.3 Å². The third-order valence-corrected chi connectivity index (χ3v) is 4.96. The van der Waals surface area contributed by atoms with Gasteiger partial charge < -0.3 is 25.2 Å². The fourth-order valence-electron chi connectivity index (χ4n) is 2.43. The van der Waals surface area contributed by atoms with Crippen LogP contribution in [0.2, 0.25) is 10.0 Å². The number of halogens is 2. The van der Waals surface area contributed by atoms with Gasteiger partial charge in [0, 0.05) is 12.6 Å². The van der Waals surface area contributed by atoms with Gasteiger partial charge >= 0.3 is 0 Å². The maximum atomic E-state index is 12.1. The van der Waals surface area contributed by atoms with Crippen LogP contribution in [0.15, 0.2) is 48.5 Å². The Morgan fingerprint density at radius 1 is 1.16 bits per heavy atom. The molecule has 0 fully saturated rings. The van der Waals surface area contributed by atoms with Crippen LogP contribution in [0.3, 0.4) is 0 Å². The smallest absolute Gasteiger partial charge is 0.244 e. The van der Waals surface area contributed by atoms with Crippen molar-refractivity contribution in [1.29, 1.82) is 0 Å². The van der Waals surface area contributed by atoms with Crippen LogP contribution in [0.25, 0.3) is 6.08 Å². The van der Waals surface area contributed by atoms with E-state index in [4.69, 9.17) is 32.7 Å². The van der Waals surface area contributed by atoms with Gasteiger partial charge in [-0.25, -0.2) is 0 Å². The molecule has 0 aliphatic heterocycles. The molecule has 0 radical (unpaired) electrons. The minimum absolute atomic E-state index is 0.0566. The average Bonchev–Trinajstić information content (AvgIpc) is 2.77. The van der Waals surface area contributed by atoms with Gasteiger partial charge in [0.25, 0.3) is 0 Å². The van der Waals surface area contributed by atoms with Gasteiger partial charge in [0.1, 0.15) is 35.3 Å². The zero-order valence-electron chi connectivity index (χ0n) is 17.1. The summed E-state index contributed by atoms with van der Waals surface area (Å²) < 4.78 is 10.5. The predicted octanol–water partition coefficient (Wildman–Crippen LogP) is 3.08. The standard InChI is InChI=1S/C22H24Cl2N2O5/c1-14(26-20(28)11-8-15-6-9-17(30-2)10-7-15)22(29)25-12-16(27)13-31-19-5-3-4-18(23)21(19)24/h3-11,14,16,27H,12-13H2,1-2H3,(H,25,29)(H,26,28)/b11-8+. The van der Waals surface area contributed by atoms with Crippen molar-refractivity contribution >= 4 is 41.1 Å². The first-order chi connectivity index (χ1) is 14.8. The molecule has 0 spiro atoms. The van der Waals surface area contributed by atoms with Crippen molar-refractivity contribution in [2.75, 3.05) is 20.3 Å². The van der Waals surface area contributed by atoms with E-state index in [-0.39, 0.29) is 18.2 Å². The molecule has 2 atom stereocenters. The SMILES string of the molecule is COc1ccc(/C=C/C(=O)NC(C)C(=O)NCC(O)COc2cccc(Cl)c2Cl)cc1. The molecule has 0 bridgehead atoms. The van der Waals surface area contributed by atoms with Gasteiger partial charge in [-0.1, -0.05) is 41.4 Å². The zero-order chi connectivity index (χ0) is 22.8. The molecule has 2 amide bonds. The number of aliphatic hydroxyl groups excluding tert-OH is 1. The van der Waals surface area contributed by atoms with Crippen molar-refractivity contribution in [2.45, 2.75) is 19.1 Å². The summed E-state index contributed by atoms with van der Waals surface area (Å²) in [4.78, 5) is 24.2. The minimum Gasteiger partial charge on any atom is -0.497 e. The second-order valence-electron chi connectivity index (χ2n) is 6.60. The first kappa shape index (κ1) is 24.5. The van der Waals surface area contributed by atoms with Crippen LogP contribution in [0, 0.1) is 0 Å².